The van der Waals surface area contributed by atoms with Crippen molar-refractivity contribution in [1.82, 2.24) is 19.5 Å². The highest BCUT2D eigenvalue weighted by atomic mass is 16.6. The average Bonchev–Trinajstić information content (AvgIpc) is 3.28. The Bertz CT molecular complexity index is 950. The largest absolute Gasteiger partial charge is 0.394 e. The number of aliphatic hydroxyl groups excluding tert-OH is 2. The number of hydrogen-bond acceptors (Lipinski definition) is 9. The third-order valence-corrected chi connectivity index (χ3v) is 4.73. The SMILES string of the molecule is CNc1nc(Nc2ccccc2)nc2c1ncn2[C@@H]1O[C@H](CO)[C@@H](O)[C@H]1OC. The lowest BCUT2D eigenvalue weighted by Crippen LogP contribution is -2.34. The lowest BCUT2D eigenvalue weighted by atomic mass is 10.1. The van der Waals surface area contributed by atoms with Gasteiger partial charge in [-0.1, -0.05) is 18.2 Å². The minimum Gasteiger partial charge on any atom is -0.394 e. The summed E-state index contributed by atoms with van der Waals surface area (Å²) in [4.78, 5) is 13.5. The lowest BCUT2D eigenvalue weighted by molar-refractivity contribution is -0.0583. The van der Waals surface area contributed by atoms with E-state index in [1.54, 1.807) is 17.9 Å². The molecule has 0 amide bonds. The number of hydrogen-bond donors (Lipinski definition) is 4. The van der Waals surface area contributed by atoms with Crippen LogP contribution in [-0.2, 0) is 9.47 Å². The monoisotopic (exact) mass is 386 g/mol. The molecular formula is C18H22N6O4. The van der Waals surface area contributed by atoms with Crippen molar-refractivity contribution in [3.63, 3.8) is 0 Å². The van der Waals surface area contributed by atoms with Gasteiger partial charge in [0.15, 0.2) is 23.2 Å². The first-order valence-corrected chi connectivity index (χ1v) is 8.87. The summed E-state index contributed by atoms with van der Waals surface area (Å²) in [6.45, 7) is -0.318. The lowest BCUT2D eigenvalue weighted by Gasteiger charge is -2.20. The summed E-state index contributed by atoms with van der Waals surface area (Å²) in [7, 11) is 3.24. The number of methoxy groups -OCH3 is 1. The predicted molar refractivity (Wildman–Crippen MR) is 102 cm³/mol. The summed E-state index contributed by atoms with van der Waals surface area (Å²) in [6, 6.07) is 9.57. The Morgan fingerprint density at radius 2 is 2.04 bits per heavy atom. The molecule has 4 atom stereocenters. The van der Waals surface area contributed by atoms with Gasteiger partial charge in [0.25, 0.3) is 0 Å². The summed E-state index contributed by atoms with van der Waals surface area (Å²) >= 11 is 0. The van der Waals surface area contributed by atoms with Crippen LogP contribution in [0.3, 0.4) is 0 Å². The minimum absolute atomic E-state index is 0.318. The smallest absolute Gasteiger partial charge is 0.231 e. The van der Waals surface area contributed by atoms with Crippen molar-refractivity contribution in [2.75, 3.05) is 31.4 Å². The highest BCUT2D eigenvalue weighted by Gasteiger charge is 2.45. The van der Waals surface area contributed by atoms with Crippen molar-refractivity contribution < 1.29 is 19.7 Å². The Labute approximate surface area is 161 Å². The molecule has 4 N–H and O–H groups in total. The van der Waals surface area contributed by atoms with E-state index in [0.717, 1.165) is 5.69 Å². The highest BCUT2D eigenvalue weighted by molar-refractivity contribution is 5.84. The maximum atomic E-state index is 10.3. The topological polar surface area (TPSA) is 127 Å². The van der Waals surface area contributed by atoms with E-state index in [-0.39, 0.29) is 6.61 Å². The van der Waals surface area contributed by atoms with E-state index in [0.29, 0.717) is 22.9 Å². The fourth-order valence-electron chi connectivity index (χ4n) is 3.33. The Balaban J connectivity index is 1.76. The molecule has 10 nitrogen and oxygen atoms in total. The van der Waals surface area contributed by atoms with Gasteiger partial charge >= 0.3 is 0 Å². The third kappa shape index (κ3) is 3.16. The van der Waals surface area contributed by atoms with Gasteiger partial charge in [-0.15, -0.1) is 0 Å². The van der Waals surface area contributed by atoms with Crippen molar-refractivity contribution in [2.24, 2.45) is 0 Å². The molecule has 1 saturated heterocycles. The predicted octanol–water partition coefficient (Wildman–Crippen LogP) is 0.877. The van der Waals surface area contributed by atoms with E-state index in [9.17, 15) is 10.2 Å². The molecule has 2 aromatic heterocycles. The van der Waals surface area contributed by atoms with Crippen LogP contribution in [0.5, 0.6) is 0 Å². The second kappa shape index (κ2) is 7.68. The van der Waals surface area contributed by atoms with Crippen LogP contribution in [0, 0.1) is 0 Å². The molecule has 1 aliphatic heterocycles. The molecule has 0 spiro atoms. The zero-order chi connectivity index (χ0) is 19.7. The highest BCUT2D eigenvalue weighted by Crippen LogP contribution is 2.34. The Kier molecular flexibility index (Phi) is 5.09. The summed E-state index contributed by atoms with van der Waals surface area (Å²) in [5.41, 5.74) is 1.91. The van der Waals surface area contributed by atoms with Crippen LogP contribution >= 0.6 is 0 Å². The molecule has 0 aliphatic carbocycles. The maximum Gasteiger partial charge on any atom is 0.231 e. The van der Waals surface area contributed by atoms with Crippen molar-refractivity contribution in [3.8, 4) is 0 Å². The zero-order valence-electron chi connectivity index (χ0n) is 15.5. The van der Waals surface area contributed by atoms with Gasteiger partial charge < -0.3 is 30.3 Å². The van der Waals surface area contributed by atoms with Crippen LogP contribution in [0.2, 0.25) is 0 Å². The summed E-state index contributed by atoms with van der Waals surface area (Å²) in [5, 5.41) is 26.0. The molecule has 3 heterocycles. The van der Waals surface area contributed by atoms with Crippen molar-refractivity contribution in [2.45, 2.75) is 24.5 Å². The van der Waals surface area contributed by atoms with Crippen LogP contribution in [0.15, 0.2) is 36.7 Å². The van der Waals surface area contributed by atoms with Crippen LogP contribution in [0.1, 0.15) is 6.23 Å². The molecule has 0 radical (unpaired) electrons. The molecule has 148 valence electrons. The quantitative estimate of drug-likeness (QED) is 0.488. The average molecular weight is 386 g/mol. The molecule has 28 heavy (non-hydrogen) atoms. The van der Waals surface area contributed by atoms with Crippen LogP contribution in [0.25, 0.3) is 11.2 Å². The van der Waals surface area contributed by atoms with Crippen LogP contribution in [0.4, 0.5) is 17.5 Å². The molecule has 0 saturated carbocycles. The van der Waals surface area contributed by atoms with E-state index >= 15 is 0 Å². The number of benzene rings is 1. The molecule has 4 rings (SSSR count). The first-order valence-electron chi connectivity index (χ1n) is 8.87. The van der Waals surface area contributed by atoms with Crippen molar-refractivity contribution >= 4 is 28.6 Å². The Morgan fingerprint density at radius 3 is 2.71 bits per heavy atom. The zero-order valence-corrected chi connectivity index (χ0v) is 15.5. The van der Waals surface area contributed by atoms with Gasteiger partial charge in [-0.25, -0.2) is 4.98 Å². The molecule has 10 heteroatoms. The van der Waals surface area contributed by atoms with Gasteiger partial charge in [0.1, 0.15) is 18.3 Å². The number of rotatable bonds is 6. The number of imidazole rings is 1. The fourth-order valence-corrected chi connectivity index (χ4v) is 3.33. The number of nitrogens with one attached hydrogen (secondary N) is 2. The minimum atomic E-state index is -0.968. The number of aliphatic hydroxyl groups is 2. The van der Waals surface area contributed by atoms with Gasteiger partial charge in [-0.05, 0) is 12.1 Å². The van der Waals surface area contributed by atoms with Gasteiger partial charge in [-0.2, -0.15) is 9.97 Å². The van der Waals surface area contributed by atoms with Crippen molar-refractivity contribution in [3.05, 3.63) is 36.7 Å². The van der Waals surface area contributed by atoms with E-state index in [2.05, 4.69) is 25.6 Å². The number of anilines is 3. The van der Waals surface area contributed by atoms with Crippen LogP contribution < -0.4 is 10.6 Å². The first-order chi connectivity index (χ1) is 13.7. The van der Waals surface area contributed by atoms with E-state index in [4.69, 9.17) is 9.47 Å². The van der Waals surface area contributed by atoms with Gasteiger partial charge in [0.2, 0.25) is 5.95 Å². The van der Waals surface area contributed by atoms with E-state index in [1.807, 2.05) is 30.3 Å². The van der Waals surface area contributed by atoms with Gasteiger partial charge in [0, 0.05) is 19.8 Å². The molecule has 0 unspecified atom stereocenters. The maximum absolute atomic E-state index is 10.3. The first kappa shape index (κ1) is 18.6. The van der Waals surface area contributed by atoms with E-state index < -0.39 is 24.5 Å². The standard InChI is InChI=1S/C18H22N6O4/c1-19-15-12-16(23-18(22-15)21-10-6-4-3-5-7-10)24(9-20-12)17-14(27-2)13(26)11(8-25)28-17/h3-7,9,11,13-14,17,25-26H,8H2,1-2H3,(H2,19,21,22,23)/t11-,13-,14-,17-/m1/s1. The van der Waals surface area contributed by atoms with Crippen molar-refractivity contribution in [1.29, 1.82) is 0 Å². The molecule has 3 aromatic rings. The Morgan fingerprint density at radius 1 is 1.25 bits per heavy atom. The summed E-state index contributed by atoms with van der Waals surface area (Å²) < 4.78 is 12.9. The normalized spacial score (nSPS) is 24.6. The molecule has 0 bridgehead atoms. The van der Waals surface area contributed by atoms with Crippen LogP contribution in [-0.4, -0.2) is 68.8 Å². The molecule has 1 aliphatic rings. The number of nitrogens with zero attached hydrogens (tertiary/aromatic N) is 4. The molecular weight excluding hydrogens is 364 g/mol. The number of aromatic nitrogens is 4. The number of fused-ring (bicyclic) bond motifs is 1. The van der Waals surface area contributed by atoms with Gasteiger partial charge in [-0.3, -0.25) is 4.57 Å². The number of ether oxygens (including phenoxy) is 2. The number of para-hydroxylation sites is 1. The second-order valence-corrected chi connectivity index (χ2v) is 6.40. The summed E-state index contributed by atoms with van der Waals surface area (Å²) in [5.74, 6) is 0.935. The van der Waals surface area contributed by atoms with Gasteiger partial charge in [0.05, 0.1) is 12.9 Å². The third-order valence-electron chi connectivity index (χ3n) is 4.73. The molecule has 1 aromatic carbocycles. The summed E-state index contributed by atoms with van der Waals surface area (Å²) in [6.07, 6.45) is -1.51. The fraction of sp³-hybridized carbons (Fsp3) is 0.389. The van der Waals surface area contributed by atoms with E-state index in [1.165, 1.54) is 7.11 Å². The Hall–Kier alpha value is -2.79. The molecule has 1 fully saturated rings. The second-order valence-electron chi connectivity index (χ2n) is 6.40.